The second kappa shape index (κ2) is 12.0. The number of carbonyl (C=O) groups excluding carboxylic acids is 2. The lowest BCUT2D eigenvalue weighted by molar-refractivity contribution is 0.0997. The minimum absolute atomic E-state index is 0.0392. The summed E-state index contributed by atoms with van der Waals surface area (Å²) in [4.78, 5) is 27.6. The number of halogens is 1. The molecule has 2 fully saturated rings. The summed E-state index contributed by atoms with van der Waals surface area (Å²) >= 11 is 0. The van der Waals surface area contributed by atoms with E-state index in [1.54, 1.807) is 6.07 Å². The lowest BCUT2D eigenvalue weighted by Gasteiger charge is -2.32. The van der Waals surface area contributed by atoms with Crippen LogP contribution in [-0.4, -0.2) is 73.8 Å². The summed E-state index contributed by atoms with van der Waals surface area (Å²) in [6, 6.07) is 2.90. The molecule has 12 heteroatoms. The fourth-order valence-corrected chi connectivity index (χ4v) is 10.2. The van der Waals surface area contributed by atoms with E-state index in [1.165, 1.54) is 18.9 Å². The largest absolute Gasteiger partial charge is 0.382 e. The number of urea groups is 1. The van der Waals surface area contributed by atoms with Crippen molar-refractivity contribution in [2.24, 2.45) is 11.1 Å². The summed E-state index contributed by atoms with van der Waals surface area (Å²) in [6.07, 6.45) is 8.19. The minimum atomic E-state index is -3.49. The smallest absolute Gasteiger partial charge is 0.315 e. The highest BCUT2D eigenvalue weighted by Gasteiger charge is 2.42. The molecule has 240 valence electrons. The molecular formula is C32H45FN6O4S. The normalized spacial score (nSPS) is 24.0. The fraction of sp³-hybridized carbons (Fsp3) is 0.625. The van der Waals surface area contributed by atoms with Crippen molar-refractivity contribution in [3.05, 3.63) is 40.5 Å². The molecule has 1 aromatic carbocycles. The van der Waals surface area contributed by atoms with Gasteiger partial charge in [-0.1, -0.05) is 13.8 Å². The number of anilines is 1. The van der Waals surface area contributed by atoms with Crippen molar-refractivity contribution in [2.45, 2.75) is 95.0 Å². The van der Waals surface area contributed by atoms with Gasteiger partial charge in [-0.25, -0.2) is 17.6 Å². The van der Waals surface area contributed by atoms with Gasteiger partial charge in [-0.3, -0.25) is 4.79 Å². The van der Waals surface area contributed by atoms with Gasteiger partial charge in [0.1, 0.15) is 5.82 Å². The average molecular weight is 629 g/mol. The van der Waals surface area contributed by atoms with Gasteiger partial charge in [0.05, 0.1) is 27.6 Å². The number of carbonyl (C=O) groups is 2. The topological polar surface area (TPSA) is 139 Å². The number of primary amides is 1. The molecule has 0 atom stereocenters. The third-order valence-electron chi connectivity index (χ3n) is 9.72. The Hall–Kier alpha value is -3.12. The number of fused-ring (bicyclic) bond motifs is 3. The van der Waals surface area contributed by atoms with E-state index in [-0.39, 0.29) is 29.4 Å². The molecule has 1 saturated heterocycles. The van der Waals surface area contributed by atoms with E-state index in [0.29, 0.717) is 47.8 Å². The monoisotopic (exact) mass is 628 g/mol. The molecule has 6 rings (SSSR count). The Bertz CT molecular complexity index is 1550. The Morgan fingerprint density at radius 2 is 1.73 bits per heavy atom. The van der Waals surface area contributed by atoms with Gasteiger partial charge in [-0.2, -0.15) is 0 Å². The van der Waals surface area contributed by atoms with E-state index in [1.807, 2.05) is 18.4 Å². The van der Waals surface area contributed by atoms with Crippen LogP contribution < -0.4 is 21.7 Å². The summed E-state index contributed by atoms with van der Waals surface area (Å²) < 4.78 is 44.5. The van der Waals surface area contributed by atoms with Crippen LogP contribution >= 0.6 is 0 Å². The van der Waals surface area contributed by atoms with E-state index in [2.05, 4.69) is 20.9 Å². The van der Waals surface area contributed by atoms with Crippen molar-refractivity contribution in [1.82, 2.24) is 20.1 Å². The van der Waals surface area contributed by atoms with Crippen molar-refractivity contribution >= 4 is 27.5 Å². The molecule has 10 nitrogen and oxygen atoms in total. The molecule has 0 bridgehead atoms. The quantitative estimate of drug-likeness (QED) is 0.352. The molecular weight excluding hydrogens is 583 g/mol. The highest BCUT2D eigenvalue weighted by molar-refractivity contribution is 7.91. The van der Waals surface area contributed by atoms with Gasteiger partial charge in [0.2, 0.25) is 0 Å². The van der Waals surface area contributed by atoms with Crippen molar-refractivity contribution in [1.29, 1.82) is 0 Å². The number of rotatable bonds is 8. The minimum Gasteiger partial charge on any atom is -0.382 e. The third-order valence-corrected chi connectivity index (χ3v) is 12.0. The fourth-order valence-electron chi connectivity index (χ4n) is 7.84. The first-order valence-electron chi connectivity index (χ1n) is 16.1. The van der Waals surface area contributed by atoms with E-state index in [9.17, 15) is 18.0 Å². The highest BCUT2D eigenvalue weighted by Crippen LogP contribution is 2.45. The summed E-state index contributed by atoms with van der Waals surface area (Å²) in [5.41, 5.74) is 8.29. The van der Waals surface area contributed by atoms with Crippen LogP contribution in [0.25, 0.3) is 5.69 Å². The summed E-state index contributed by atoms with van der Waals surface area (Å²) in [5, 5.41) is 9.43. The molecule has 1 saturated carbocycles. The van der Waals surface area contributed by atoms with Crippen LogP contribution in [0.5, 0.6) is 0 Å². The second-order valence-corrected chi connectivity index (χ2v) is 15.8. The predicted octanol–water partition coefficient (Wildman–Crippen LogP) is 3.68. The zero-order valence-electron chi connectivity index (χ0n) is 25.8. The zero-order valence-corrected chi connectivity index (χ0v) is 26.6. The molecule has 4 aliphatic rings. The van der Waals surface area contributed by atoms with E-state index < -0.39 is 27.0 Å². The second-order valence-electron chi connectivity index (χ2n) is 13.8. The number of nitrogens with zero attached hydrogens (tertiary/aromatic N) is 2. The first kappa shape index (κ1) is 30.9. The number of benzene rings is 1. The Labute approximate surface area is 259 Å². The molecule has 3 amide bonds. The van der Waals surface area contributed by atoms with Gasteiger partial charge in [0.15, 0.2) is 9.84 Å². The van der Waals surface area contributed by atoms with Gasteiger partial charge in [-0.15, -0.1) is 0 Å². The van der Waals surface area contributed by atoms with Crippen molar-refractivity contribution < 1.29 is 22.4 Å². The van der Waals surface area contributed by atoms with Gasteiger partial charge in [-0.05, 0) is 100 Å². The molecule has 0 spiro atoms. The maximum absolute atomic E-state index is 15.7. The number of sulfone groups is 1. The molecule has 3 heterocycles. The summed E-state index contributed by atoms with van der Waals surface area (Å²) in [5.74, 6) is -1.50. The standard InChI is InChI=1S/C32H45FN6O4S/c1-32(2)18-27-29(44(42,43)19-32)23-6-5-7-26(23)39(27)22-16-24(33)28(30(34)40)25(17-22)36-20-8-10-21(11-9-20)37-31(41)35-12-15-38-13-3-4-14-38/h16-17,20-21,36H,3-15,18-19H2,1-2H3,(H2,34,40)(H2,35,37,41)/t20-,21-. The van der Waals surface area contributed by atoms with Crippen LogP contribution in [0.2, 0.25) is 0 Å². The summed E-state index contributed by atoms with van der Waals surface area (Å²) in [6.45, 7) is 7.58. The van der Waals surface area contributed by atoms with Crippen molar-refractivity contribution in [3.8, 4) is 5.69 Å². The van der Waals surface area contributed by atoms with Crippen LogP contribution in [-0.2, 0) is 29.1 Å². The SMILES string of the molecule is CC1(C)Cc2c(c3c(n2-c2cc(F)c(C(N)=O)c(N[C@H]4CC[C@H](NC(=O)NCCN5CCCC5)CC4)c2)CCC3)S(=O)(=O)C1. The van der Waals surface area contributed by atoms with Crippen LogP contribution in [0.15, 0.2) is 17.0 Å². The van der Waals surface area contributed by atoms with E-state index >= 15 is 4.39 Å². The Morgan fingerprint density at radius 3 is 2.43 bits per heavy atom. The number of nitrogens with one attached hydrogen (secondary N) is 3. The number of nitrogens with two attached hydrogens (primary N) is 1. The van der Waals surface area contributed by atoms with Crippen molar-refractivity contribution in [3.63, 3.8) is 0 Å². The van der Waals surface area contributed by atoms with E-state index in [4.69, 9.17) is 5.73 Å². The third kappa shape index (κ3) is 6.20. The maximum atomic E-state index is 15.7. The Morgan fingerprint density at radius 1 is 1.02 bits per heavy atom. The molecule has 0 unspecified atom stereocenters. The lowest BCUT2D eigenvalue weighted by atomic mass is 9.89. The van der Waals surface area contributed by atoms with Crippen molar-refractivity contribution in [2.75, 3.05) is 37.2 Å². The molecule has 2 aromatic rings. The Kier molecular flexibility index (Phi) is 8.42. The maximum Gasteiger partial charge on any atom is 0.315 e. The van der Waals surface area contributed by atoms with Crippen LogP contribution in [0.4, 0.5) is 14.9 Å². The first-order chi connectivity index (χ1) is 20.9. The number of likely N-dealkylation sites (tertiary alicyclic amines) is 1. The highest BCUT2D eigenvalue weighted by atomic mass is 32.2. The lowest BCUT2D eigenvalue weighted by Crippen LogP contribution is -2.46. The van der Waals surface area contributed by atoms with Gasteiger partial charge in [0, 0.05) is 36.6 Å². The molecule has 2 aliphatic carbocycles. The number of hydrogen-bond donors (Lipinski definition) is 4. The molecule has 2 aliphatic heterocycles. The predicted molar refractivity (Wildman–Crippen MR) is 168 cm³/mol. The van der Waals surface area contributed by atoms with E-state index in [0.717, 1.165) is 63.0 Å². The average Bonchev–Trinajstić information content (AvgIpc) is 3.66. The molecule has 5 N–H and O–H groups in total. The van der Waals surface area contributed by atoms with Crippen LogP contribution in [0.3, 0.4) is 0 Å². The van der Waals surface area contributed by atoms with Gasteiger partial charge >= 0.3 is 6.03 Å². The number of amides is 3. The van der Waals surface area contributed by atoms with Crippen LogP contribution in [0.1, 0.15) is 86.1 Å². The molecule has 0 radical (unpaired) electrons. The first-order valence-corrected chi connectivity index (χ1v) is 17.7. The Balaban J connectivity index is 1.19. The molecule has 1 aromatic heterocycles. The zero-order chi connectivity index (χ0) is 31.2. The molecule has 44 heavy (non-hydrogen) atoms. The number of hydrogen-bond acceptors (Lipinski definition) is 6. The van der Waals surface area contributed by atoms with Crippen LogP contribution in [0, 0.1) is 11.2 Å². The summed E-state index contributed by atoms with van der Waals surface area (Å²) in [7, 11) is -3.49. The van der Waals surface area contributed by atoms with Gasteiger partial charge < -0.3 is 31.2 Å². The van der Waals surface area contributed by atoms with Gasteiger partial charge in [0.25, 0.3) is 5.91 Å². The number of aromatic nitrogens is 1.